The molecule has 20 heavy (non-hydrogen) atoms. The van der Waals surface area contributed by atoms with Crippen LogP contribution < -0.4 is 0 Å². The Morgan fingerprint density at radius 1 is 1.10 bits per heavy atom. The van der Waals surface area contributed by atoms with E-state index in [1.807, 2.05) is 48.5 Å². The first kappa shape index (κ1) is 12.9. The third-order valence-electron chi connectivity index (χ3n) is 3.70. The number of benzene rings is 2. The summed E-state index contributed by atoms with van der Waals surface area (Å²) in [7, 11) is 0. The molecule has 0 unspecified atom stereocenters. The molecular weight excluding hydrogens is 272 g/mol. The van der Waals surface area contributed by atoms with Crippen molar-refractivity contribution in [2.45, 2.75) is 12.0 Å². The molecule has 0 amide bonds. The number of rotatable bonds is 3. The van der Waals surface area contributed by atoms with Crippen LogP contribution in [0.25, 0.3) is 11.1 Å². The van der Waals surface area contributed by atoms with Gasteiger partial charge in [0, 0.05) is 29.1 Å². The van der Waals surface area contributed by atoms with Crippen LogP contribution in [0.3, 0.4) is 0 Å². The third kappa shape index (κ3) is 1.76. The van der Waals surface area contributed by atoms with Crippen LogP contribution in [0.4, 0.5) is 4.79 Å². The molecule has 1 aliphatic rings. The Morgan fingerprint density at radius 2 is 1.60 bits per heavy atom. The second-order valence-corrected chi connectivity index (χ2v) is 5.06. The second-order valence-electron chi connectivity index (χ2n) is 4.75. The van der Waals surface area contributed by atoms with Crippen LogP contribution >= 0.6 is 11.6 Å². The fraction of sp³-hybridized carbons (Fsp3) is 0.118. The highest BCUT2D eigenvalue weighted by atomic mass is 35.5. The highest BCUT2D eigenvalue weighted by Gasteiger charge is 2.45. The number of carbonyl (C=O) groups is 1. The Kier molecular flexibility index (Phi) is 3.11. The summed E-state index contributed by atoms with van der Waals surface area (Å²) >= 11 is 5.52. The lowest BCUT2D eigenvalue weighted by Crippen LogP contribution is -2.29. The molecule has 100 valence electrons. The quantitative estimate of drug-likeness (QED) is 0.594. The zero-order chi connectivity index (χ0) is 14.2. The van der Waals surface area contributed by atoms with Gasteiger partial charge in [-0.25, -0.2) is 4.79 Å². The van der Waals surface area contributed by atoms with Crippen LogP contribution in [0, 0.1) is 0 Å². The molecule has 1 aliphatic carbocycles. The smallest absolute Gasteiger partial charge is 0.405 e. The van der Waals surface area contributed by atoms with E-state index >= 15 is 0 Å². The van der Waals surface area contributed by atoms with Gasteiger partial charge in [-0.2, -0.15) is 0 Å². The Morgan fingerprint density at radius 3 is 2.05 bits per heavy atom. The summed E-state index contributed by atoms with van der Waals surface area (Å²) in [4.78, 5) is 11.4. The minimum atomic E-state index is -0.867. The van der Waals surface area contributed by atoms with Crippen molar-refractivity contribution in [3.05, 3.63) is 72.3 Å². The van der Waals surface area contributed by atoms with E-state index in [1.54, 1.807) is 6.08 Å². The minimum Gasteiger partial charge on any atom is -0.437 e. The van der Waals surface area contributed by atoms with Crippen LogP contribution in [0.15, 0.2) is 61.2 Å². The number of carbonyl (C=O) groups excluding carboxylic acids is 1. The Hall–Kier alpha value is -2.06. The van der Waals surface area contributed by atoms with E-state index in [4.69, 9.17) is 16.3 Å². The van der Waals surface area contributed by atoms with E-state index in [2.05, 4.69) is 6.58 Å². The zero-order valence-corrected chi connectivity index (χ0v) is 11.6. The van der Waals surface area contributed by atoms with E-state index < -0.39 is 11.0 Å². The Balaban J connectivity index is 2.32. The number of halogens is 1. The number of ether oxygens (including phenoxy) is 1. The summed E-state index contributed by atoms with van der Waals surface area (Å²) in [5, 5.41) is 0. The Bertz CT molecular complexity index is 645. The maximum Gasteiger partial charge on any atom is 0.405 e. The maximum atomic E-state index is 11.4. The summed E-state index contributed by atoms with van der Waals surface area (Å²) < 4.78 is 5.55. The molecule has 2 nitrogen and oxygen atoms in total. The van der Waals surface area contributed by atoms with Gasteiger partial charge in [-0.15, -0.1) is 6.58 Å². The molecule has 3 heteroatoms. The molecule has 2 aromatic rings. The van der Waals surface area contributed by atoms with Crippen molar-refractivity contribution >= 4 is 17.0 Å². The molecule has 0 saturated carbocycles. The van der Waals surface area contributed by atoms with Crippen molar-refractivity contribution < 1.29 is 9.53 Å². The fourth-order valence-electron chi connectivity index (χ4n) is 3.00. The van der Waals surface area contributed by atoms with Crippen LogP contribution in [-0.4, -0.2) is 5.43 Å². The van der Waals surface area contributed by atoms with Crippen LogP contribution in [0.2, 0.25) is 0 Å². The summed E-state index contributed by atoms with van der Waals surface area (Å²) in [6.07, 6.45) is 2.23. The molecule has 0 bridgehead atoms. The number of fused-ring (bicyclic) bond motifs is 3. The summed E-state index contributed by atoms with van der Waals surface area (Å²) in [5.74, 6) is 0. The molecule has 2 aromatic carbocycles. The van der Waals surface area contributed by atoms with Crippen molar-refractivity contribution in [2.24, 2.45) is 0 Å². The van der Waals surface area contributed by atoms with Gasteiger partial charge in [-0.3, -0.25) is 0 Å². The first-order valence-electron chi connectivity index (χ1n) is 6.38. The summed E-state index contributed by atoms with van der Waals surface area (Å²) in [5.41, 5.74) is 2.38. The average molecular weight is 285 g/mol. The number of hydrogen-bond donors (Lipinski definition) is 0. The minimum absolute atomic E-state index is 0.486. The predicted octanol–water partition coefficient (Wildman–Crippen LogP) is 4.86. The van der Waals surface area contributed by atoms with E-state index in [1.165, 1.54) is 0 Å². The Labute approximate surface area is 122 Å². The SMILES string of the molecule is C=CCC1(OC(=O)Cl)c2ccccc2-c2ccccc21. The largest absolute Gasteiger partial charge is 0.437 e. The molecule has 0 saturated heterocycles. The highest BCUT2D eigenvalue weighted by molar-refractivity contribution is 6.61. The van der Waals surface area contributed by atoms with E-state index in [0.29, 0.717) is 6.42 Å². The van der Waals surface area contributed by atoms with Gasteiger partial charge in [0.1, 0.15) is 0 Å². The van der Waals surface area contributed by atoms with Crippen molar-refractivity contribution in [3.8, 4) is 11.1 Å². The van der Waals surface area contributed by atoms with E-state index in [0.717, 1.165) is 22.3 Å². The van der Waals surface area contributed by atoms with Crippen LogP contribution in [-0.2, 0) is 10.3 Å². The molecule has 3 rings (SSSR count). The van der Waals surface area contributed by atoms with Crippen LogP contribution in [0.1, 0.15) is 17.5 Å². The van der Waals surface area contributed by atoms with Crippen molar-refractivity contribution in [1.82, 2.24) is 0 Å². The molecule has 0 N–H and O–H groups in total. The molecule has 0 aromatic heterocycles. The maximum absolute atomic E-state index is 11.4. The third-order valence-corrected chi connectivity index (χ3v) is 3.78. The monoisotopic (exact) mass is 284 g/mol. The topological polar surface area (TPSA) is 26.3 Å². The second kappa shape index (κ2) is 4.80. The lowest BCUT2D eigenvalue weighted by molar-refractivity contribution is 0.0631. The van der Waals surface area contributed by atoms with E-state index in [-0.39, 0.29) is 0 Å². The van der Waals surface area contributed by atoms with Crippen LogP contribution in [0.5, 0.6) is 0 Å². The first-order chi connectivity index (χ1) is 9.69. The van der Waals surface area contributed by atoms with Gasteiger partial charge in [0.25, 0.3) is 0 Å². The van der Waals surface area contributed by atoms with Gasteiger partial charge in [-0.05, 0) is 11.1 Å². The van der Waals surface area contributed by atoms with Gasteiger partial charge >= 0.3 is 5.43 Å². The zero-order valence-electron chi connectivity index (χ0n) is 10.8. The van der Waals surface area contributed by atoms with Crippen molar-refractivity contribution in [2.75, 3.05) is 0 Å². The van der Waals surface area contributed by atoms with Gasteiger partial charge in [0.2, 0.25) is 0 Å². The van der Waals surface area contributed by atoms with Crippen molar-refractivity contribution in [1.29, 1.82) is 0 Å². The summed E-state index contributed by atoms with van der Waals surface area (Å²) in [6.45, 7) is 3.79. The molecule has 0 spiro atoms. The fourth-order valence-corrected chi connectivity index (χ4v) is 3.13. The van der Waals surface area contributed by atoms with Gasteiger partial charge in [0.15, 0.2) is 5.60 Å². The van der Waals surface area contributed by atoms with Gasteiger partial charge in [0.05, 0.1) is 0 Å². The van der Waals surface area contributed by atoms with Gasteiger partial charge < -0.3 is 4.74 Å². The molecule has 0 aliphatic heterocycles. The van der Waals surface area contributed by atoms with Gasteiger partial charge in [-0.1, -0.05) is 54.6 Å². The molecule has 0 radical (unpaired) electrons. The molecule has 0 fully saturated rings. The number of hydrogen-bond acceptors (Lipinski definition) is 2. The highest BCUT2D eigenvalue weighted by Crippen LogP contribution is 2.51. The normalized spacial score (nSPS) is 14.2. The first-order valence-corrected chi connectivity index (χ1v) is 6.75. The predicted molar refractivity (Wildman–Crippen MR) is 79.8 cm³/mol. The molecular formula is C17H13ClO2. The average Bonchev–Trinajstić information content (AvgIpc) is 2.71. The van der Waals surface area contributed by atoms with E-state index in [9.17, 15) is 4.79 Å². The lowest BCUT2D eigenvalue weighted by atomic mass is 9.88. The summed E-state index contributed by atoms with van der Waals surface area (Å²) in [6, 6.07) is 15.8. The molecule has 0 atom stereocenters. The lowest BCUT2D eigenvalue weighted by Gasteiger charge is -2.29. The standard InChI is InChI=1S/C17H13ClO2/c1-2-11-17(20-16(18)19)14-9-5-3-7-12(14)13-8-4-6-10-15(13)17/h2-10H,1,11H2. The molecule has 0 heterocycles. The van der Waals surface area contributed by atoms with Crippen molar-refractivity contribution in [3.63, 3.8) is 0 Å².